The third-order valence-corrected chi connectivity index (χ3v) is 3.34. The highest BCUT2D eigenvalue weighted by Gasteiger charge is 2.27. The molecule has 0 aromatic carbocycles. The summed E-state index contributed by atoms with van der Waals surface area (Å²) in [6.45, 7) is 3.39. The Labute approximate surface area is 122 Å². The van der Waals surface area contributed by atoms with Gasteiger partial charge in [-0.15, -0.1) is 0 Å². The maximum atomic E-state index is 12.3. The first-order valence-corrected chi connectivity index (χ1v) is 6.87. The van der Waals surface area contributed by atoms with Crippen molar-refractivity contribution in [3.05, 3.63) is 48.0 Å². The number of anilines is 1. The molecule has 6 nitrogen and oxygen atoms in total. The summed E-state index contributed by atoms with van der Waals surface area (Å²) < 4.78 is 11.0. The number of furan rings is 1. The minimum Gasteiger partial charge on any atom is -0.467 e. The molecule has 0 bridgehead atoms. The summed E-state index contributed by atoms with van der Waals surface area (Å²) in [6, 6.07) is 9.02. The Balaban J connectivity index is 1.64. The molecule has 1 saturated heterocycles. The number of aryl methyl sites for hydroxylation is 1. The molecule has 0 unspecified atom stereocenters. The molecule has 110 valence electrons. The number of hydrogen-bond acceptors (Lipinski definition) is 4. The van der Waals surface area contributed by atoms with E-state index < -0.39 is 0 Å². The lowest BCUT2D eigenvalue weighted by atomic mass is 10.2. The zero-order chi connectivity index (χ0) is 14.7. The molecule has 0 spiro atoms. The Hall–Kier alpha value is -2.34. The van der Waals surface area contributed by atoms with E-state index in [1.165, 1.54) is 0 Å². The molecule has 2 aromatic rings. The van der Waals surface area contributed by atoms with Crippen LogP contribution in [0.15, 0.2) is 41.0 Å². The largest absolute Gasteiger partial charge is 0.467 e. The highest BCUT2D eigenvalue weighted by atomic mass is 16.5. The first-order valence-electron chi connectivity index (χ1n) is 6.87. The van der Waals surface area contributed by atoms with Gasteiger partial charge in [0.1, 0.15) is 17.7 Å². The van der Waals surface area contributed by atoms with Crippen molar-refractivity contribution in [3.8, 4) is 0 Å². The van der Waals surface area contributed by atoms with E-state index in [-0.39, 0.29) is 12.1 Å². The Morgan fingerprint density at radius 3 is 3.05 bits per heavy atom. The van der Waals surface area contributed by atoms with Crippen molar-refractivity contribution in [1.29, 1.82) is 0 Å². The fourth-order valence-electron chi connectivity index (χ4n) is 2.28. The second-order valence-electron chi connectivity index (χ2n) is 4.92. The Bertz CT molecular complexity index is 612. The molecular formula is C15H17N3O3. The standard InChI is InChI=1S/C15H17N3O3/c1-11-4-2-6-14(16-11)17-15(19)18-7-9-21-13(10-18)12-5-3-8-20-12/h2-6,8,13H,7,9-10H2,1H3,(H,16,17,19)/t13-/m1/s1. The maximum absolute atomic E-state index is 12.3. The predicted molar refractivity (Wildman–Crippen MR) is 77.0 cm³/mol. The van der Waals surface area contributed by atoms with Crippen LogP contribution in [0.3, 0.4) is 0 Å². The number of carbonyl (C=O) groups excluding carboxylic acids is 1. The van der Waals surface area contributed by atoms with Gasteiger partial charge in [0.2, 0.25) is 0 Å². The molecule has 2 amide bonds. The first-order chi connectivity index (χ1) is 10.2. The molecule has 3 rings (SSSR count). The van der Waals surface area contributed by atoms with Gasteiger partial charge in [0.15, 0.2) is 0 Å². The van der Waals surface area contributed by atoms with E-state index in [9.17, 15) is 4.79 Å². The highest BCUT2D eigenvalue weighted by Crippen LogP contribution is 2.22. The van der Waals surface area contributed by atoms with Gasteiger partial charge in [0.05, 0.1) is 19.4 Å². The molecule has 1 aliphatic heterocycles. The fourth-order valence-corrected chi connectivity index (χ4v) is 2.28. The van der Waals surface area contributed by atoms with Crippen LogP contribution in [-0.2, 0) is 4.74 Å². The average Bonchev–Trinajstić information content (AvgIpc) is 3.02. The van der Waals surface area contributed by atoms with Crippen LogP contribution in [0.5, 0.6) is 0 Å². The second kappa shape index (κ2) is 5.97. The predicted octanol–water partition coefficient (Wildman–Crippen LogP) is 2.59. The van der Waals surface area contributed by atoms with Crippen LogP contribution in [-0.4, -0.2) is 35.6 Å². The number of pyridine rings is 1. The number of nitrogens with zero attached hydrogens (tertiary/aromatic N) is 2. The van der Waals surface area contributed by atoms with Crippen molar-refractivity contribution in [2.24, 2.45) is 0 Å². The van der Waals surface area contributed by atoms with E-state index in [1.807, 2.05) is 31.2 Å². The lowest BCUT2D eigenvalue weighted by Gasteiger charge is -2.31. The highest BCUT2D eigenvalue weighted by molar-refractivity contribution is 5.88. The third kappa shape index (κ3) is 3.22. The Kier molecular flexibility index (Phi) is 3.87. The summed E-state index contributed by atoms with van der Waals surface area (Å²) in [5.41, 5.74) is 0.864. The summed E-state index contributed by atoms with van der Waals surface area (Å²) in [5, 5.41) is 2.81. The van der Waals surface area contributed by atoms with Gasteiger partial charge in [0, 0.05) is 12.2 Å². The molecule has 3 heterocycles. The molecular weight excluding hydrogens is 270 g/mol. The number of hydrogen-bond donors (Lipinski definition) is 1. The fraction of sp³-hybridized carbons (Fsp3) is 0.333. The second-order valence-corrected chi connectivity index (χ2v) is 4.92. The minimum absolute atomic E-state index is 0.173. The quantitative estimate of drug-likeness (QED) is 0.922. The monoisotopic (exact) mass is 287 g/mol. The summed E-state index contributed by atoms with van der Waals surface area (Å²) in [7, 11) is 0. The molecule has 1 aliphatic rings. The van der Waals surface area contributed by atoms with Gasteiger partial charge in [-0.05, 0) is 31.2 Å². The number of rotatable bonds is 2. The van der Waals surface area contributed by atoms with E-state index in [2.05, 4.69) is 10.3 Å². The Morgan fingerprint density at radius 2 is 2.29 bits per heavy atom. The van der Waals surface area contributed by atoms with Crippen LogP contribution in [0.4, 0.5) is 10.6 Å². The van der Waals surface area contributed by atoms with Crippen LogP contribution in [0.1, 0.15) is 17.6 Å². The van der Waals surface area contributed by atoms with Crippen molar-refractivity contribution < 1.29 is 13.9 Å². The van der Waals surface area contributed by atoms with Crippen molar-refractivity contribution in [2.45, 2.75) is 13.0 Å². The van der Waals surface area contributed by atoms with Gasteiger partial charge in [-0.3, -0.25) is 5.32 Å². The maximum Gasteiger partial charge on any atom is 0.323 e. The molecule has 2 aromatic heterocycles. The van der Waals surface area contributed by atoms with Crippen molar-refractivity contribution >= 4 is 11.8 Å². The molecule has 0 aliphatic carbocycles. The summed E-state index contributed by atoms with van der Waals surface area (Å²) in [6.07, 6.45) is 1.39. The molecule has 1 atom stereocenters. The topological polar surface area (TPSA) is 67.6 Å². The van der Waals surface area contributed by atoms with Gasteiger partial charge in [-0.1, -0.05) is 6.07 Å². The van der Waals surface area contributed by atoms with Crippen molar-refractivity contribution in [1.82, 2.24) is 9.88 Å². The summed E-state index contributed by atoms with van der Waals surface area (Å²) in [4.78, 5) is 18.3. The number of carbonyl (C=O) groups is 1. The zero-order valence-electron chi connectivity index (χ0n) is 11.8. The van der Waals surface area contributed by atoms with Crippen LogP contribution in [0.2, 0.25) is 0 Å². The number of amides is 2. The number of morpholine rings is 1. The number of aromatic nitrogens is 1. The molecule has 6 heteroatoms. The lowest BCUT2D eigenvalue weighted by molar-refractivity contribution is -0.0242. The summed E-state index contributed by atoms with van der Waals surface area (Å²) >= 11 is 0. The van der Waals surface area contributed by atoms with Gasteiger partial charge in [0.25, 0.3) is 0 Å². The van der Waals surface area contributed by atoms with Crippen LogP contribution >= 0.6 is 0 Å². The zero-order valence-corrected chi connectivity index (χ0v) is 11.8. The van der Waals surface area contributed by atoms with Crippen molar-refractivity contribution in [2.75, 3.05) is 25.0 Å². The molecule has 1 fully saturated rings. The lowest BCUT2D eigenvalue weighted by Crippen LogP contribution is -2.44. The first kappa shape index (κ1) is 13.6. The molecule has 1 N–H and O–H groups in total. The third-order valence-electron chi connectivity index (χ3n) is 3.34. The number of nitrogens with one attached hydrogen (secondary N) is 1. The average molecular weight is 287 g/mol. The normalized spacial score (nSPS) is 18.5. The molecule has 0 radical (unpaired) electrons. The van der Waals surface area contributed by atoms with Crippen LogP contribution < -0.4 is 5.32 Å². The summed E-state index contributed by atoms with van der Waals surface area (Å²) in [5.74, 6) is 1.29. The number of urea groups is 1. The van der Waals surface area contributed by atoms with E-state index >= 15 is 0 Å². The van der Waals surface area contributed by atoms with Gasteiger partial charge >= 0.3 is 6.03 Å². The smallest absolute Gasteiger partial charge is 0.323 e. The number of ether oxygens (including phenoxy) is 1. The SMILES string of the molecule is Cc1cccc(NC(=O)N2CCO[C@@H](c3ccco3)C2)n1. The van der Waals surface area contributed by atoms with Gasteiger partial charge < -0.3 is 14.1 Å². The van der Waals surface area contributed by atoms with Crippen LogP contribution in [0.25, 0.3) is 0 Å². The molecule has 0 saturated carbocycles. The van der Waals surface area contributed by atoms with E-state index in [4.69, 9.17) is 9.15 Å². The van der Waals surface area contributed by atoms with E-state index in [0.717, 1.165) is 11.5 Å². The van der Waals surface area contributed by atoms with Gasteiger partial charge in [-0.2, -0.15) is 0 Å². The molecule has 21 heavy (non-hydrogen) atoms. The van der Waals surface area contributed by atoms with E-state index in [0.29, 0.717) is 25.5 Å². The van der Waals surface area contributed by atoms with Crippen molar-refractivity contribution in [3.63, 3.8) is 0 Å². The minimum atomic E-state index is -0.218. The van der Waals surface area contributed by atoms with Gasteiger partial charge in [-0.25, -0.2) is 9.78 Å². The Morgan fingerprint density at radius 1 is 1.38 bits per heavy atom. The van der Waals surface area contributed by atoms with E-state index in [1.54, 1.807) is 17.2 Å². The van der Waals surface area contributed by atoms with Crippen LogP contribution in [0, 0.1) is 6.92 Å².